The molecule has 5 N–H and O–H groups in total. The molecular formula is C27H27FN8O2S. The summed E-state index contributed by atoms with van der Waals surface area (Å²) in [6.45, 7) is 2.49. The quantitative estimate of drug-likeness (QED) is 0.213. The first kappa shape index (κ1) is 26.1. The Kier molecular flexibility index (Phi) is 7.13. The van der Waals surface area contributed by atoms with Crippen LogP contribution in [0, 0.1) is 12.7 Å². The van der Waals surface area contributed by atoms with Crippen LogP contribution in [0.4, 0.5) is 27.8 Å². The number of nitrogens with zero attached hydrogens (tertiary/aromatic N) is 4. The molecule has 3 aromatic carbocycles. The normalized spacial score (nSPS) is 11.5. The fraction of sp³-hybridized carbons (Fsp3) is 0.148. The van der Waals surface area contributed by atoms with Gasteiger partial charge >= 0.3 is 0 Å². The van der Waals surface area contributed by atoms with Gasteiger partial charge in [0.15, 0.2) is 0 Å². The van der Waals surface area contributed by atoms with E-state index in [0.717, 1.165) is 16.6 Å². The number of halogens is 1. The maximum Gasteiger partial charge on any atom is 0.238 e. The zero-order valence-electron chi connectivity index (χ0n) is 21.3. The molecule has 12 heteroatoms. The lowest BCUT2D eigenvalue weighted by Crippen LogP contribution is -2.14. The van der Waals surface area contributed by atoms with Crippen LogP contribution in [0.2, 0.25) is 0 Å². The van der Waals surface area contributed by atoms with E-state index in [2.05, 4.69) is 30.9 Å². The first-order chi connectivity index (χ1) is 18.7. The van der Waals surface area contributed by atoms with E-state index in [4.69, 9.17) is 5.14 Å². The van der Waals surface area contributed by atoms with Gasteiger partial charge < -0.3 is 20.5 Å². The van der Waals surface area contributed by atoms with Crippen molar-refractivity contribution in [1.29, 1.82) is 0 Å². The molecule has 0 amide bonds. The molecule has 10 nitrogen and oxygen atoms in total. The van der Waals surface area contributed by atoms with Crippen molar-refractivity contribution < 1.29 is 12.8 Å². The largest absolute Gasteiger partial charge is 0.366 e. The summed E-state index contributed by atoms with van der Waals surface area (Å²) < 4.78 is 39.5. The smallest absolute Gasteiger partial charge is 0.238 e. The summed E-state index contributed by atoms with van der Waals surface area (Å²) in [6, 6.07) is 19.2. The van der Waals surface area contributed by atoms with Crippen LogP contribution in [0.3, 0.4) is 0 Å². The number of fused-ring (bicyclic) bond motifs is 1. The van der Waals surface area contributed by atoms with Crippen LogP contribution in [0.15, 0.2) is 77.8 Å². The Hall–Kier alpha value is -4.55. The number of nitrogens with one attached hydrogen (secondary N) is 3. The van der Waals surface area contributed by atoms with Crippen molar-refractivity contribution in [1.82, 2.24) is 19.5 Å². The number of sulfonamides is 1. The van der Waals surface area contributed by atoms with Crippen molar-refractivity contribution in [2.75, 3.05) is 16.0 Å². The Balaban J connectivity index is 1.26. The van der Waals surface area contributed by atoms with Gasteiger partial charge in [0, 0.05) is 37.6 Å². The van der Waals surface area contributed by atoms with Crippen molar-refractivity contribution >= 4 is 44.5 Å². The second kappa shape index (κ2) is 10.7. The molecule has 2 aromatic heterocycles. The Morgan fingerprint density at radius 1 is 0.974 bits per heavy atom. The van der Waals surface area contributed by atoms with Crippen LogP contribution in [-0.2, 0) is 30.2 Å². The lowest BCUT2D eigenvalue weighted by Gasteiger charge is -2.10. The molecule has 0 unspecified atom stereocenters. The number of imidazole rings is 1. The van der Waals surface area contributed by atoms with Gasteiger partial charge in [-0.25, -0.2) is 27.9 Å². The number of nitrogens with two attached hydrogens (primary N) is 1. The number of anilines is 4. The monoisotopic (exact) mass is 546 g/mol. The summed E-state index contributed by atoms with van der Waals surface area (Å²) in [7, 11) is -1.94. The number of hydrogen-bond acceptors (Lipinski definition) is 8. The van der Waals surface area contributed by atoms with E-state index < -0.39 is 10.0 Å². The molecule has 0 bridgehead atoms. The van der Waals surface area contributed by atoms with Crippen molar-refractivity contribution in [2.45, 2.75) is 24.9 Å². The van der Waals surface area contributed by atoms with Gasteiger partial charge in [-0.15, -0.1) is 0 Å². The van der Waals surface area contributed by atoms with Crippen molar-refractivity contribution in [2.24, 2.45) is 12.2 Å². The maximum absolute atomic E-state index is 14.0. The van der Waals surface area contributed by atoms with E-state index >= 15 is 0 Å². The van der Waals surface area contributed by atoms with Crippen LogP contribution in [0.25, 0.3) is 11.0 Å². The van der Waals surface area contributed by atoms with Gasteiger partial charge in [0.2, 0.25) is 21.9 Å². The van der Waals surface area contributed by atoms with E-state index in [-0.39, 0.29) is 10.7 Å². The highest BCUT2D eigenvalue weighted by molar-refractivity contribution is 7.89. The number of hydrogen-bond donors (Lipinski definition) is 4. The first-order valence-electron chi connectivity index (χ1n) is 12.1. The van der Waals surface area contributed by atoms with Gasteiger partial charge in [-0.1, -0.05) is 30.3 Å². The van der Waals surface area contributed by atoms with Gasteiger partial charge in [0.1, 0.15) is 11.6 Å². The van der Waals surface area contributed by atoms with E-state index in [0.29, 0.717) is 47.6 Å². The topological polar surface area (TPSA) is 140 Å². The average Bonchev–Trinajstić information content (AvgIpc) is 3.22. The first-order valence-corrected chi connectivity index (χ1v) is 13.6. The van der Waals surface area contributed by atoms with Crippen molar-refractivity contribution in [3.05, 3.63) is 95.4 Å². The third-order valence-electron chi connectivity index (χ3n) is 6.22. The Morgan fingerprint density at radius 2 is 1.79 bits per heavy atom. The number of primary sulfonamides is 1. The predicted molar refractivity (Wildman–Crippen MR) is 150 cm³/mol. The Morgan fingerprint density at radius 3 is 2.59 bits per heavy atom. The summed E-state index contributed by atoms with van der Waals surface area (Å²) in [5.41, 5.74) is 4.37. The van der Waals surface area contributed by atoms with Crippen LogP contribution < -0.4 is 21.1 Å². The zero-order chi connectivity index (χ0) is 27.6. The van der Waals surface area contributed by atoms with Gasteiger partial charge in [-0.2, -0.15) is 4.98 Å². The molecule has 0 saturated heterocycles. The molecular weight excluding hydrogens is 519 g/mol. The molecule has 0 atom stereocenters. The summed E-state index contributed by atoms with van der Waals surface area (Å²) in [4.78, 5) is 13.4. The Labute approximate surface area is 225 Å². The third kappa shape index (κ3) is 5.97. The standard InChI is InChI=1S/C27H27FN8O2S/c1-17-7-9-20(14-24(17)39(29,37)38)33-26-30-12-11-25(35-26)31-15-18-8-10-23-22(13-18)34-27(36(23)2)32-16-19-5-3-4-6-21(19)28/h3-14H,15-16H2,1-2H3,(H,32,34)(H2,29,37,38)(H2,30,31,33,35). The minimum atomic E-state index is -3.85. The number of aromatic nitrogens is 4. The SMILES string of the molecule is Cc1ccc(Nc2nccc(NCc3ccc4c(c3)nc(NCc3ccccc3F)n4C)n2)cc1S(N)(=O)=O. The molecule has 5 rings (SSSR count). The molecule has 0 aliphatic heterocycles. The lowest BCUT2D eigenvalue weighted by molar-refractivity contribution is 0.597. The molecule has 5 aromatic rings. The molecule has 200 valence electrons. The van der Waals surface area contributed by atoms with Crippen LogP contribution in [-0.4, -0.2) is 27.9 Å². The molecule has 2 heterocycles. The van der Waals surface area contributed by atoms with Crippen molar-refractivity contribution in [3.8, 4) is 0 Å². The minimum Gasteiger partial charge on any atom is -0.366 e. The van der Waals surface area contributed by atoms with E-state index in [1.807, 2.05) is 29.8 Å². The summed E-state index contributed by atoms with van der Waals surface area (Å²) in [6.07, 6.45) is 1.60. The number of rotatable bonds is 9. The molecule has 0 aliphatic carbocycles. The predicted octanol–water partition coefficient (Wildman–Crippen LogP) is 4.43. The highest BCUT2D eigenvalue weighted by Gasteiger charge is 2.13. The molecule has 0 aliphatic rings. The van der Waals surface area contributed by atoms with E-state index in [9.17, 15) is 12.8 Å². The van der Waals surface area contributed by atoms with Gasteiger partial charge in [0.05, 0.1) is 15.9 Å². The fourth-order valence-corrected chi connectivity index (χ4v) is 4.96. The molecule has 0 fully saturated rings. The fourth-order valence-electron chi connectivity index (χ4n) is 4.15. The summed E-state index contributed by atoms with van der Waals surface area (Å²) in [5, 5.41) is 14.8. The van der Waals surface area contributed by atoms with Crippen LogP contribution >= 0.6 is 0 Å². The third-order valence-corrected chi connectivity index (χ3v) is 7.27. The van der Waals surface area contributed by atoms with Gasteiger partial charge in [-0.05, 0) is 54.4 Å². The van der Waals surface area contributed by atoms with E-state index in [1.54, 1.807) is 49.5 Å². The lowest BCUT2D eigenvalue weighted by atomic mass is 10.2. The summed E-state index contributed by atoms with van der Waals surface area (Å²) >= 11 is 0. The van der Waals surface area contributed by atoms with E-state index in [1.165, 1.54) is 12.1 Å². The number of aryl methyl sites for hydroxylation is 2. The van der Waals surface area contributed by atoms with Gasteiger partial charge in [0.25, 0.3) is 0 Å². The highest BCUT2D eigenvalue weighted by Crippen LogP contribution is 2.23. The number of benzene rings is 3. The molecule has 0 saturated carbocycles. The molecule has 0 radical (unpaired) electrons. The molecule has 39 heavy (non-hydrogen) atoms. The maximum atomic E-state index is 14.0. The summed E-state index contributed by atoms with van der Waals surface area (Å²) in [5.74, 6) is 1.27. The van der Waals surface area contributed by atoms with Crippen molar-refractivity contribution in [3.63, 3.8) is 0 Å². The Bertz CT molecular complexity index is 1770. The van der Waals surface area contributed by atoms with Gasteiger partial charge in [-0.3, -0.25) is 0 Å². The molecule has 0 spiro atoms. The minimum absolute atomic E-state index is 0.0391. The van der Waals surface area contributed by atoms with Crippen LogP contribution in [0.5, 0.6) is 0 Å². The second-order valence-corrected chi connectivity index (χ2v) is 10.6. The zero-order valence-corrected chi connectivity index (χ0v) is 22.1. The average molecular weight is 547 g/mol. The second-order valence-electron chi connectivity index (χ2n) is 9.03. The highest BCUT2D eigenvalue weighted by atomic mass is 32.2. The van der Waals surface area contributed by atoms with Crippen LogP contribution in [0.1, 0.15) is 16.7 Å².